The molecule has 0 heterocycles. The summed E-state index contributed by atoms with van der Waals surface area (Å²) >= 11 is 0.429. The summed E-state index contributed by atoms with van der Waals surface area (Å²) in [6.07, 6.45) is 0.593. The van der Waals surface area contributed by atoms with Crippen molar-refractivity contribution in [1.82, 2.24) is 0 Å². The molecule has 0 aliphatic heterocycles. The number of hydrogen-bond acceptors (Lipinski definition) is 0. The third-order valence-corrected chi connectivity index (χ3v) is 0.845. The molecule has 4 heavy (non-hydrogen) atoms. The van der Waals surface area contributed by atoms with Crippen molar-refractivity contribution < 1.29 is 4.39 Å². The van der Waals surface area contributed by atoms with Gasteiger partial charge >= 0.3 is 37.3 Å². The van der Waals surface area contributed by atoms with Crippen LogP contribution in [0.25, 0.3) is 0 Å². The zero-order chi connectivity index (χ0) is 3.41. The minimum atomic E-state index is 0.429. The molecule has 0 rings (SSSR count). The van der Waals surface area contributed by atoms with E-state index in [0.717, 1.165) is 0 Å². The second-order valence-corrected chi connectivity index (χ2v) is 2.36. The zero-order valence-electron chi connectivity index (χ0n) is 2.53. The fourth-order valence-electron chi connectivity index (χ4n) is 0. The van der Waals surface area contributed by atoms with E-state index in [1.165, 1.54) is 0 Å². The molecule has 0 atom stereocenters. The van der Waals surface area contributed by atoms with Crippen LogP contribution in [0.2, 0.25) is 0 Å². The summed E-state index contributed by atoms with van der Waals surface area (Å²) in [5.74, 6) is 0. The molecule has 0 spiro atoms. The van der Waals surface area contributed by atoms with E-state index in [9.17, 15) is 4.39 Å². The summed E-state index contributed by atoms with van der Waals surface area (Å²) in [6, 6.07) is 0. The fourth-order valence-corrected chi connectivity index (χ4v) is 0. The first-order valence-corrected chi connectivity index (χ1v) is 4.42. The Morgan fingerprint density at radius 1 is 1.75 bits per heavy atom. The van der Waals surface area contributed by atoms with Crippen molar-refractivity contribution in [3.63, 3.8) is 0 Å². The van der Waals surface area contributed by atoms with Crippen molar-refractivity contribution in [1.29, 1.82) is 0 Å². The third kappa shape index (κ3) is 2.47. The Bertz CT molecular complexity index is 21.2. The van der Waals surface area contributed by atoms with Crippen LogP contribution in [-0.2, 0) is 0 Å². The van der Waals surface area contributed by atoms with Gasteiger partial charge in [0.05, 0.1) is 0 Å². The molecule has 0 unspecified atom stereocenters. The van der Waals surface area contributed by atoms with E-state index in [1.54, 1.807) is 4.09 Å². The SMILES string of the molecule is FC=[CH][SnH3]. The predicted molar refractivity (Wildman–Crippen MR) is 20.2 cm³/mol. The van der Waals surface area contributed by atoms with Crippen LogP contribution in [0.5, 0.6) is 0 Å². The molecular formula is C2H5FSn. The van der Waals surface area contributed by atoms with Crippen LogP contribution in [0.3, 0.4) is 0 Å². The predicted octanol–water partition coefficient (Wildman–Crippen LogP) is -0.207. The third-order valence-electron chi connectivity index (χ3n) is 0.126. The second kappa shape index (κ2) is 3.47. The number of halogens is 1. The molecule has 0 aromatic carbocycles. The van der Waals surface area contributed by atoms with Gasteiger partial charge in [0, 0.05) is 0 Å². The number of hydrogen-bond donors (Lipinski definition) is 0. The monoisotopic (exact) mass is 168 g/mol. The van der Waals surface area contributed by atoms with Crippen LogP contribution >= 0.6 is 0 Å². The van der Waals surface area contributed by atoms with E-state index < -0.39 is 0 Å². The summed E-state index contributed by atoms with van der Waals surface area (Å²) in [6.45, 7) is 0. The van der Waals surface area contributed by atoms with Gasteiger partial charge < -0.3 is 0 Å². The van der Waals surface area contributed by atoms with Crippen LogP contribution in [-0.4, -0.2) is 22.5 Å². The Morgan fingerprint density at radius 3 is 2.00 bits per heavy atom. The first-order valence-electron chi connectivity index (χ1n) is 1.13. The molecule has 0 saturated carbocycles. The quantitative estimate of drug-likeness (QED) is 0.438. The Hall–Kier alpha value is 0.469. The van der Waals surface area contributed by atoms with E-state index >= 15 is 0 Å². The summed E-state index contributed by atoms with van der Waals surface area (Å²) in [5, 5.41) is 0. The molecule has 2 heteroatoms. The summed E-state index contributed by atoms with van der Waals surface area (Å²) < 4.78 is 12.1. The molecule has 0 fully saturated rings. The van der Waals surface area contributed by atoms with Gasteiger partial charge in [-0.05, 0) is 0 Å². The standard InChI is InChI=1S/C2H2F.Sn.3H/c1-2-3;;;;/h1-2H;;;;. The Labute approximate surface area is 37.8 Å². The van der Waals surface area contributed by atoms with Gasteiger partial charge in [0.15, 0.2) is 0 Å². The van der Waals surface area contributed by atoms with Crippen LogP contribution in [0.1, 0.15) is 0 Å². The van der Waals surface area contributed by atoms with E-state index in [-0.39, 0.29) is 0 Å². The number of rotatable bonds is 0. The first-order chi connectivity index (χ1) is 1.91. The molecule has 0 bridgehead atoms. The van der Waals surface area contributed by atoms with Crippen molar-refractivity contribution in [3.05, 3.63) is 10.4 Å². The van der Waals surface area contributed by atoms with Crippen molar-refractivity contribution in [3.8, 4) is 0 Å². The molecule has 0 aromatic heterocycles. The maximum absolute atomic E-state index is 10.6. The Balaban J connectivity index is 2.55. The first kappa shape index (κ1) is 4.47. The maximum atomic E-state index is 10.6. The summed E-state index contributed by atoms with van der Waals surface area (Å²) in [5.41, 5.74) is 0. The van der Waals surface area contributed by atoms with Crippen LogP contribution in [0.15, 0.2) is 10.4 Å². The fraction of sp³-hybridized carbons (Fsp3) is 0. The van der Waals surface area contributed by atoms with Gasteiger partial charge in [-0.2, -0.15) is 0 Å². The van der Waals surface area contributed by atoms with Gasteiger partial charge in [0.1, 0.15) is 0 Å². The van der Waals surface area contributed by atoms with Crippen LogP contribution in [0, 0.1) is 0 Å². The average molecular weight is 167 g/mol. The summed E-state index contributed by atoms with van der Waals surface area (Å²) in [4.78, 5) is 0. The molecule has 0 amide bonds. The molecule has 0 aliphatic rings. The van der Waals surface area contributed by atoms with E-state index in [2.05, 4.69) is 0 Å². The zero-order valence-corrected chi connectivity index (χ0v) is 8.24. The Kier molecular flexibility index (Phi) is 3.88. The van der Waals surface area contributed by atoms with Crippen LogP contribution in [0.4, 0.5) is 4.39 Å². The van der Waals surface area contributed by atoms with Crippen molar-refractivity contribution >= 4 is 22.5 Å². The molecule has 0 saturated heterocycles. The summed E-state index contributed by atoms with van der Waals surface area (Å²) in [7, 11) is 0. The van der Waals surface area contributed by atoms with E-state index in [4.69, 9.17) is 0 Å². The molecule has 0 radical (unpaired) electrons. The van der Waals surface area contributed by atoms with E-state index in [1.807, 2.05) is 0 Å². The average Bonchev–Trinajstić information content (AvgIpc) is 1.37. The van der Waals surface area contributed by atoms with Crippen molar-refractivity contribution in [2.75, 3.05) is 0 Å². The van der Waals surface area contributed by atoms with Gasteiger partial charge in [0.25, 0.3) is 0 Å². The van der Waals surface area contributed by atoms with Gasteiger partial charge in [-0.1, -0.05) is 0 Å². The molecular weight excluding hydrogens is 162 g/mol. The van der Waals surface area contributed by atoms with Crippen molar-refractivity contribution in [2.24, 2.45) is 0 Å². The molecule has 0 aromatic rings. The minimum absolute atomic E-state index is 0.429. The van der Waals surface area contributed by atoms with E-state index in [0.29, 0.717) is 28.9 Å². The van der Waals surface area contributed by atoms with Gasteiger partial charge in [-0.3, -0.25) is 0 Å². The molecule has 0 nitrogen and oxygen atoms in total. The molecule has 0 N–H and O–H groups in total. The Morgan fingerprint density at radius 2 is 2.00 bits per heavy atom. The molecule has 24 valence electrons. The van der Waals surface area contributed by atoms with Gasteiger partial charge in [0.2, 0.25) is 0 Å². The topological polar surface area (TPSA) is 0 Å². The normalized spacial score (nSPS) is 10.2. The molecule has 0 aliphatic carbocycles. The second-order valence-electron chi connectivity index (χ2n) is 0.459. The van der Waals surface area contributed by atoms with Crippen LogP contribution < -0.4 is 0 Å². The van der Waals surface area contributed by atoms with Gasteiger partial charge in [-0.15, -0.1) is 0 Å². The van der Waals surface area contributed by atoms with Crippen molar-refractivity contribution in [2.45, 2.75) is 0 Å². The van der Waals surface area contributed by atoms with Gasteiger partial charge in [-0.25, -0.2) is 0 Å².